The van der Waals surface area contributed by atoms with E-state index in [4.69, 9.17) is 37.4 Å². The molecule has 0 aliphatic carbocycles. The Kier molecular flexibility index (Phi) is 8.29. The van der Waals surface area contributed by atoms with Gasteiger partial charge in [-0.3, -0.25) is 9.69 Å². The number of benzene rings is 4. The van der Waals surface area contributed by atoms with E-state index in [-0.39, 0.29) is 12.1 Å². The Bertz CT molecular complexity index is 1580. The highest BCUT2D eigenvalue weighted by Crippen LogP contribution is 2.42. The minimum atomic E-state index is -0.811. The summed E-state index contributed by atoms with van der Waals surface area (Å²) in [6.45, 7) is 3.35. The first-order valence-electron chi connectivity index (χ1n) is 14.0. The van der Waals surface area contributed by atoms with Crippen molar-refractivity contribution in [2.75, 3.05) is 6.61 Å². The Morgan fingerprint density at radius 2 is 1.74 bits per heavy atom. The van der Waals surface area contributed by atoms with Crippen LogP contribution in [0.3, 0.4) is 0 Å². The molecule has 2 aliphatic rings. The van der Waals surface area contributed by atoms with Crippen LogP contribution < -0.4 is 14.2 Å². The molecule has 8 heteroatoms. The van der Waals surface area contributed by atoms with Gasteiger partial charge in [0.05, 0.1) is 10.0 Å². The standard InChI is InChI=1S/C34H31Cl2NO5/c1-2-29(22-6-4-3-5-7-22)37-18-25-17-32-31(16-24(25)15-30(37)34(38)39)41-20-33(42-32)23-9-11-26(12-10-23)40-19-21-8-13-27(35)28(36)14-21/h3-14,16-17,29-30,33H,2,15,18-20H2,1H3,(H,38,39)/t29-,30-,33-/m0/s1. The van der Waals surface area contributed by atoms with E-state index in [9.17, 15) is 9.90 Å². The summed E-state index contributed by atoms with van der Waals surface area (Å²) in [4.78, 5) is 14.5. The molecular weight excluding hydrogens is 573 g/mol. The van der Waals surface area contributed by atoms with Gasteiger partial charge in [-0.15, -0.1) is 0 Å². The topological polar surface area (TPSA) is 68.2 Å². The lowest BCUT2D eigenvalue weighted by Crippen LogP contribution is -2.47. The number of rotatable bonds is 8. The Hall–Kier alpha value is -3.71. The van der Waals surface area contributed by atoms with Gasteiger partial charge in [-0.25, -0.2) is 0 Å². The molecule has 6 rings (SSSR count). The van der Waals surface area contributed by atoms with Gasteiger partial charge in [0.1, 0.15) is 25.0 Å². The lowest BCUT2D eigenvalue weighted by atomic mass is 9.89. The monoisotopic (exact) mass is 603 g/mol. The number of aliphatic carboxylic acids is 1. The van der Waals surface area contributed by atoms with Gasteiger partial charge in [0.25, 0.3) is 0 Å². The molecule has 6 nitrogen and oxygen atoms in total. The van der Waals surface area contributed by atoms with E-state index < -0.39 is 12.0 Å². The van der Waals surface area contributed by atoms with Crippen molar-refractivity contribution in [3.63, 3.8) is 0 Å². The number of halogens is 2. The molecule has 3 atom stereocenters. The van der Waals surface area contributed by atoms with Crippen LogP contribution in [0.1, 0.15) is 53.3 Å². The van der Waals surface area contributed by atoms with Crippen molar-refractivity contribution in [1.29, 1.82) is 0 Å². The zero-order chi connectivity index (χ0) is 29.2. The maximum absolute atomic E-state index is 12.4. The Balaban J connectivity index is 1.17. The molecule has 0 saturated heterocycles. The van der Waals surface area contributed by atoms with Crippen molar-refractivity contribution in [2.45, 2.75) is 51.1 Å². The average Bonchev–Trinajstić information content (AvgIpc) is 3.01. The van der Waals surface area contributed by atoms with Gasteiger partial charge in [0.2, 0.25) is 0 Å². The summed E-state index contributed by atoms with van der Waals surface area (Å²) in [5.41, 5.74) is 5.08. The van der Waals surface area contributed by atoms with Crippen molar-refractivity contribution in [3.8, 4) is 17.2 Å². The summed E-state index contributed by atoms with van der Waals surface area (Å²) in [6, 6.07) is 26.7. The highest BCUT2D eigenvalue weighted by molar-refractivity contribution is 6.42. The Morgan fingerprint density at radius 1 is 0.976 bits per heavy atom. The van der Waals surface area contributed by atoms with Crippen molar-refractivity contribution in [2.24, 2.45) is 0 Å². The van der Waals surface area contributed by atoms with Gasteiger partial charge in [-0.2, -0.15) is 0 Å². The number of carboxylic acid groups (broad SMARTS) is 1. The van der Waals surface area contributed by atoms with Crippen LogP contribution in [0, 0.1) is 0 Å². The summed E-state index contributed by atoms with van der Waals surface area (Å²) < 4.78 is 18.5. The van der Waals surface area contributed by atoms with Crippen LogP contribution in [0.5, 0.6) is 17.2 Å². The SMILES string of the molecule is CC[C@@H](c1ccccc1)N1Cc2cc3c(cc2C[C@H]1C(=O)O)OC[C@@H](c1ccc(OCc2ccc(Cl)c(Cl)c2)cc1)O3. The minimum Gasteiger partial charge on any atom is -0.489 e. The summed E-state index contributed by atoms with van der Waals surface area (Å²) >= 11 is 12.1. The molecule has 0 bridgehead atoms. The number of hydrogen-bond acceptors (Lipinski definition) is 5. The molecule has 0 unspecified atom stereocenters. The Morgan fingerprint density at radius 3 is 2.45 bits per heavy atom. The number of nitrogens with zero attached hydrogens (tertiary/aromatic N) is 1. The van der Waals surface area contributed by atoms with Gasteiger partial charge in [0, 0.05) is 12.6 Å². The molecule has 0 spiro atoms. The highest BCUT2D eigenvalue weighted by atomic mass is 35.5. The van der Waals surface area contributed by atoms with Crippen LogP contribution >= 0.6 is 23.2 Å². The number of ether oxygens (including phenoxy) is 3. The third-order valence-electron chi connectivity index (χ3n) is 7.99. The first kappa shape index (κ1) is 28.4. The van der Waals surface area contributed by atoms with E-state index in [1.165, 1.54) is 0 Å². The van der Waals surface area contributed by atoms with E-state index >= 15 is 0 Å². The fraction of sp³-hybridized carbons (Fsp3) is 0.265. The lowest BCUT2D eigenvalue weighted by Gasteiger charge is -2.40. The van der Waals surface area contributed by atoms with Crippen LogP contribution in [-0.2, 0) is 24.4 Å². The molecule has 42 heavy (non-hydrogen) atoms. The molecule has 0 saturated carbocycles. The average molecular weight is 605 g/mol. The second kappa shape index (κ2) is 12.3. The van der Waals surface area contributed by atoms with Crippen molar-refractivity contribution in [1.82, 2.24) is 4.90 Å². The van der Waals surface area contributed by atoms with E-state index in [0.717, 1.165) is 40.0 Å². The molecule has 0 fully saturated rings. The van der Waals surface area contributed by atoms with Gasteiger partial charge in [0.15, 0.2) is 17.6 Å². The van der Waals surface area contributed by atoms with Crippen LogP contribution in [0.25, 0.3) is 0 Å². The van der Waals surface area contributed by atoms with Crippen LogP contribution in [0.4, 0.5) is 0 Å². The molecular formula is C34H31Cl2NO5. The predicted octanol–water partition coefficient (Wildman–Crippen LogP) is 8.05. The van der Waals surface area contributed by atoms with Crippen molar-refractivity contribution >= 4 is 29.2 Å². The normalized spacial score (nSPS) is 18.6. The molecule has 1 N–H and O–H groups in total. The summed E-state index contributed by atoms with van der Waals surface area (Å²) in [5, 5.41) is 11.2. The van der Waals surface area contributed by atoms with Gasteiger partial charge < -0.3 is 19.3 Å². The molecule has 2 heterocycles. The van der Waals surface area contributed by atoms with Crippen LogP contribution in [0.2, 0.25) is 10.0 Å². The summed E-state index contributed by atoms with van der Waals surface area (Å²) in [5.74, 6) is 1.24. The van der Waals surface area contributed by atoms with E-state index in [1.807, 2.05) is 60.7 Å². The second-order valence-corrected chi connectivity index (χ2v) is 11.5. The largest absolute Gasteiger partial charge is 0.489 e. The second-order valence-electron chi connectivity index (χ2n) is 10.7. The first-order valence-corrected chi connectivity index (χ1v) is 14.8. The lowest BCUT2D eigenvalue weighted by molar-refractivity contribution is -0.145. The Labute approximate surface area is 255 Å². The van der Waals surface area contributed by atoms with Crippen molar-refractivity contribution in [3.05, 3.63) is 123 Å². The zero-order valence-electron chi connectivity index (χ0n) is 23.1. The molecule has 4 aromatic carbocycles. The van der Waals surface area contributed by atoms with Gasteiger partial charge >= 0.3 is 5.97 Å². The number of hydrogen-bond donors (Lipinski definition) is 1. The quantitative estimate of drug-likeness (QED) is 0.220. The molecule has 4 aromatic rings. The first-order chi connectivity index (χ1) is 20.4. The maximum atomic E-state index is 12.4. The third kappa shape index (κ3) is 5.93. The number of carbonyl (C=O) groups is 1. The molecule has 216 valence electrons. The van der Waals surface area contributed by atoms with E-state index in [1.54, 1.807) is 12.1 Å². The molecule has 0 radical (unpaired) electrons. The third-order valence-corrected chi connectivity index (χ3v) is 8.73. The summed E-state index contributed by atoms with van der Waals surface area (Å²) in [6.07, 6.45) is 0.944. The van der Waals surface area contributed by atoms with Crippen LogP contribution in [0.15, 0.2) is 84.9 Å². The fourth-order valence-corrected chi connectivity index (χ4v) is 6.12. The molecule has 0 aromatic heterocycles. The van der Waals surface area contributed by atoms with Crippen molar-refractivity contribution < 1.29 is 24.1 Å². The maximum Gasteiger partial charge on any atom is 0.321 e. The smallest absolute Gasteiger partial charge is 0.321 e. The summed E-state index contributed by atoms with van der Waals surface area (Å²) in [7, 11) is 0. The van der Waals surface area contributed by atoms with Gasteiger partial charge in [-0.05, 0) is 77.1 Å². The van der Waals surface area contributed by atoms with E-state index in [2.05, 4.69) is 24.0 Å². The predicted molar refractivity (Wildman–Crippen MR) is 163 cm³/mol. The van der Waals surface area contributed by atoms with Crippen LogP contribution in [-0.4, -0.2) is 28.6 Å². The molecule has 2 aliphatic heterocycles. The van der Waals surface area contributed by atoms with Gasteiger partial charge in [-0.1, -0.05) is 78.7 Å². The highest BCUT2D eigenvalue weighted by Gasteiger charge is 2.37. The fourth-order valence-electron chi connectivity index (χ4n) is 5.80. The van der Waals surface area contributed by atoms with E-state index in [0.29, 0.717) is 47.7 Å². The zero-order valence-corrected chi connectivity index (χ0v) is 24.6. The number of carboxylic acids is 1. The molecule has 0 amide bonds. The number of fused-ring (bicyclic) bond motifs is 2. The minimum absolute atomic E-state index is 0.00110.